The second-order valence-corrected chi connectivity index (χ2v) is 3.98. The number of carbonyl (C=O) groups is 1. The first-order chi connectivity index (χ1) is 8.67. The van der Waals surface area contributed by atoms with E-state index in [4.69, 9.17) is 10.5 Å². The summed E-state index contributed by atoms with van der Waals surface area (Å²) in [5.74, 6) is 5.24. The van der Waals surface area contributed by atoms with Crippen LogP contribution in [-0.2, 0) is 14.3 Å². The second kappa shape index (κ2) is 7.70. The van der Waals surface area contributed by atoms with E-state index < -0.39 is 6.04 Å². The number of rotatable bonds is 5. The molecule has 0 aromatic rings. The van der Waals surface area contributed by atoms with Crippen LogP contribution in [0.2, 0.25) is 0 Å². The smallest absolute Gasteiger partial charge is 0.322 e. The molecule has 0 fully saturated rings. The van der Waals surface area contributed by atoms with Crippen molar-refractivity contribution in [1.82, 2.24) is 0 Å². The Morgan fingerprint density at radius 2 is 2.44 bits per heavy atom. The number of methoxy groups -OCH3 is 1. The van der Waals surface area contributed by atoms with E-state index in [1.54, 1.807) is 6.92 Å². The van der Waals surface area contributed by atoms with Gasteiger partial charge in [0.15, 0.2) is 0 Å². The molecule has 0 spiro atoms. The van der Waals surface area contributed by atoms with E-state index in [1.807, 2.05) is 18.2 Å². The topological polar surface area (TPSA) is 61.5 Å². The fourth-order valence-corrected chi connectivity index (χ4v) is 1.63. The van der Waals surface area contributed by atoms with Crippen molar-refractivity contribution >= 4 is 5.97 Å². The predicted octanol–water partition coefficient (Wildman–Crippen LogP) is 1.17. The fraction of sp³-hybridized carbons (Fsp3) is 0.500. The van der Waals surface area contributed by atoms with Gasteiger partial charge < -0.3 is 15.2 Å². The number of allylic oxidation sites excluding steroid dienone is 1. The van der Waals surface area contributed by atoms with Gasteiger partial charge in [0.25, 0.3) is 0 Å². The Morgan fingerprint density at radius 1 is 1.67 bits per heavy atom. The Hall–Kier alpha value is -1.57. The van der Waals surface area contributed by atoms with Gasteiger partial charge in [-0.1, -0.05) is 24.1 Å². The van der Waals surface area contributed by atoms with E-state index in [1.165, 1.54) is 7.11 Å². The van der Waals surface area contributed by atoms with Gasteiger partial charge in [-0.15, -0.1) is 5.92 Å². The van der Waals surface area contributed by atoms with Gasteiger partial charge in [-0.05, 0) is 25.3 Å². The zero-order valence-electron chi connectivity index (χ0n) is 10.8. The highest BCUT2D eigenvalue weighted by Gasteiger charge is 2.16. The zero-order chi connectivity index (χ0) is 13.4. The molecule has 0 aromatic carbocycles. The molecule has 0 aromatic heterocycles. The van der Waals surface area contributed by atoms with E-state index in [2.05, 4.69) is 16.6 Å². The zero-order valence-corrected chi connectivity index (χ0v) is 10.8. The SMILES string of the molecule is CC#CCOC1C=CC(C[C@H](N)C(=O)OC)=CC1. The van der Waals surface area contributed by atoms with Crippen molar-refractivity contribution in [2.24, 2.45) is 5.73 Å². The Labute approximate surface area is 108 Å². The molecule has 0 saturated heterocycles. The van der Waals surface area contributed by atoms with E-state index in [0.29, 0.717) is 13.0 Å². The van der Waals surface area contributed by atoms with Crippen LogP contribution >= 0.6 is 0 Å². The average Bonchev–Trinajstić information content (AvgIpc) is 2.40. The van der Waals surface area contributed by atoms with Crippen molar-refractivity contribution in [2.75, 3.05) is 13.7 Å². The molecular weight excluding hydrogens is 230 g/mol. The molecule has 4 heteroatoms. The second-order valence-electron chi connectivity index (χ2n) is 3.98. The minimum absolute atomic E-state index is 0.0592. The third kappa shape index (κ3) is 4.74. The molecule has 2 N–H and O–H groups in total. The lowest BCUT2D eigenvalue weighted by atomic mass is 9.99. The summed E-state index contributed by atoms with van der Waals surface area (Å²) in [5.41, 5.74) is 6.73. The normalized spacial score (nSPS) is 19.5. The summed E-state index contributed by atoms with van der Waals surface area (Å²) in [4.78, 5) is 11.2. The van der Waals surface area contributed by atoms with E-state index >= 15 is 0 Å². The van der Waals surface area contributed by atoms with Crippen LogP contribution in [0.5, 0.6) is 0 Å². The Balaban J connectivity index is 2.37. The number of carbonyl (C=O) groups excluding carboxylic acids is 1. The van der Waals surface area contributed by atoms with Crippen molar-refractivity contribution in [1.29, 1.82) is 0 Å². The molecule has 0 heterocycles. The number of hydrogen-bond acceptors (Lipinski definition) is 4. The van der Waals surface area contributed by atoms with Crippen LogP contribution < -0.4 is 5.73 Å². The Bertz CT molecular complexity index is 401. The summed E-state index contributed by atoms with van der Waals surface area (Å²) in [6.07, 6.45) is 7.28. The maximum absolute atomic E-state index is 11.2. The van der Waals surface area contributed by atoms with E-state index in [-0.39, 0.29) is 12.1 Å². The highest BCUT2D eigenvalue weighted by molar-refractivity contribution is 5.75. The van der Waals surface area contributed by atoms with Crippen LogP contribution in [0, 0.1) is 11.8 Å². The van der Waals surface area contributed by atoms with Crippen molar-refractivity contribution in [3.05, 3.63) is 23.8 Å². The molecule has 4 nitrogen and oxygen atoms in total. The Morgan fingerprint density at radius 3 is 3.00 bits per heavy atom. The summed E-state index contributed by atoms with van der Waals surface area (Å²) >= 11 is 0. The highest BCUT2D eigenvalue weighted by Crippen LogP contribution is 2.17. The molecule has 1 rings (SSSR count). The number of esters is 1. The van der Waals surface area contributed by atoms with Gasteiger partial charge in [0.1, 0.15) is 12.6 Å². The maximum atomic E-state index is 11.2. The first-order valence-corrected chi connectivity index (χ1v) is 5.89. The third-order valence-electron chi connectivity index (χ3n) is 2.64. The van der Waals surface area contributed by atoms with Crippen molar-refractivity contribution in [3.63, 3.8) is 0 Å². The lowest BCUT2D eigenvalue weighted by Crippen LogP contribution is -2.32. The number of hydrogen-bond donors (Lipinski definition) is 1. The van der Waals surface area contributed by atoms with Gasteiger partial charge >= 0.3 is 5.97 Å². The maximum Gasteiger partial charge on any atom is 0.322 e. The lowest BCUT2D eigenvalue weighted by Gasteiger charge is -2.17. The van der Waals surface area contributed by atoms with Crippen LogP contribution in [0.3, 0.4) is 0 Å². The average molecular weight is 249 g/mol. The molecule has 2 atom stereocenters. The van der Waals surface area contributed by atoms with Crippen LogP contribution in [0.25, 0.3) is 0 Å². The lowest BCUT2D eigenvalue weighted by molar-refractivity contribution is -0.142. The van der Waals surface area contributed by atoms with Crippen molar-refractivity contribution in [3.8, 4) is 11.8 Å². The molecule has 0 aliphatic heterocycles. The van der Waals surface area contributed by atoms with E-state index in [9.17, 15) is 4.79 Å². The molecule has 1 unspecified atom stereocenters. The minimum atomic E-state index is -0.602. The summed E-state index contributed by atoms with van der Waals surface area (Å²) in [7, 11) is 1.34. The first kappa shape index (κ1) is 14.5. The predicted molar refractivity (Wildman–Crippen MR) is 69.6 cm³/mol. The summed E-state index contributed by atoms with van der Waals surface area (Å²) in [6, 6.07) is -0.602. The quantitative estimate of drug-likeness (QED) is 0.587. The summed E-state index contributed by atoms with van der Waals surface area (Å²) in [5, 5.41) is 0. The van der Waals surface area contributed by atoms with Crippen LogP contribution in [0.15, 0.2) is 23.8 Å². The molecule has 1 aliphatic rings. The van der Waals surface area contributed by atoms with Crippen molar-refractivity contribution < 1.29 is 14.3 Å². The number of ether oxygens (including phenoxy) is 2. The fourth-order valence-electron chi connectivity index (χ4n) is 1.63. The molecule has 1 aliphatic carbocycles. The molecular formula is C14H19NO3. The van der Waals surface area contributed by atoms with Crippen LogP contribution in [-0.4, -0.2) is 31.8 Å². The van der Waals surface area contributed by atoms with Gasteiger partial charge in [-0.2, -0.15) is 0 Å². The molecule has 18 heavy (non-hydrogen) atoms. The van der Waals surface area contributed by atoms with E-state index in [0.717, 1.165) is 12.0 Å². The van der Waals surface area contributed by atoms with Crippen molar-refractivity contribution in [2.45, 2.75) is 31.9 Å². The standard InChI is InChI=1S/C14H19NO3/c1-3-4-9-18-12-7-5-11(6-8-12)10-13(15)14(16)17-2/h5-7,12-13H,8-10,15H2,1-2H3/t12?,13-/m0/s1. The minimum Gasteiger partial charge on any atom is -0.468 e. The van der Waals surface area contributed by atoms with Gasteiger partial charge in [-0.25, -0.2) is 0 Å². The summed E-state index contributed by atoms with van der Waals surface area (Å²) < 4.78 is 10.1. The molecule has 0 saturated carbocycles. The third-order valence-corrected chi connectivity index (χ3v) is 2.64. The van der Waals surface area contributed by atoms with Gasteiger partial charge in [0, 0.05) is 0 Å². The van der Waals surface area contributed by atoms with Gasteiger partial charge in [-0.3, -0.25) is 4.79 Å². The molecule has 0 radical (unpaired) electrons. The number of nitrogens with two attached hydrogens (primary N) is 1. The van der Waals surface area contributed by atoms with Crippen LogP contribution in [0.4, 0.5) is 0 Å². The Kier molecular flexibility index (Phi) is 6.20. The highest BCUT2D eigenvalue weighted by atomic mass is 16.5. The largest absolute Gasteiger partial charge is 0.468 e. The molecule has 98 valence electrons. The van der Waals surface area contributed by atoms with Gasteiger partial charge in [0.05, 0.1) is 13.2 Å². The van der Waals surface area contributed by atoms with Crippen LogP contribution in [0.1, 0.15) is 19.8 Å². The molecule has 0 amide bonds. The first-order valence-electron chi connectivity index (χ1n) is 5.89. The monoisotopic (exact) mass is 249 g/mol. The molecule has 0 bridgehead atoms. The summed E-state index contributed by atoms with van der Waals surface area (Å²) in [6.45, 7) is 2.22. The van der Waals surface area contributed by atoms with Gasteiger partial charge in [0.2, 0.25) is 0 Å².